The summed E-state index contributed by atoms with van der Waals surface area (Å²) in [6.07, 6.45) is 4.12. The maximum absolute atomic E-state index is 12.7. The third kappa shape index (κ3) is 1.93. The van der Waals surface area contributed by atoms with Gasteiger partial charge in [-0.25, -0.2) is 0 Å². The fourth-order valence-electron chi connectivity index (χ4n) is 6.50. The molecule has 0 aromatic rings. The largest absolute Gasteiger partial charge is 0.492 e. The van der Waals surface area contributed by atoms with E-state index in [1.165, 1.54) is 6.42 Å². The summed E-state index contributed by atoms with van der Waals surface area (Å²) < 4.78 is 12.2. The Balaban J connectivity index is 1.50. The van der Waals surface area contributed by atoms with Gasteiger partial charge in [-0.2, -0.15) is 0 Å². The molecule has 1 saturated heterocycles. The summed E-state index contributed by atoms with van der Waals surface area (Å²) in [6, 6.07) is 0. The van der Waals surface area contributed by atoms with Crippen molar-refractivity contribution < 1.29 is 14.3 Å². The van der Waals surface area contributed by atoms with Crippen molar-refractivity contribution in [3.8, 4) is 0 Å². The molecule has 0 spiro atoms. The van der Waals surface area contributed by atoms with E-state index in [9.17, 15) is 4.79 Å². The molecule has 0 amide bonds. The fourth-order valence-corrected chi connectivity index (χ4v) is 6.50. The monoisotopic (exact) mass is 332 g/mol. The lowest BCUT2D eigenvalue weighted by molar-refractivity contribution is -0.173. The van der Waals surface area contributed by atoms with Crippen molar-refractivity contribution in [3.05, 3.63) is 12.3 Å². The predicted octanol–water partition coefficient (Wildman–Crippen LogP) is 4.57. The number of hydrogen-bond donors (Lipinski definition) is 0. The second kappa shape index (κ2) is 5.02. The molecule has 7 atom stereocenters. The molecule has 2 bridgehead atoms. The Labute approximate surface area is 146 Å². The van der Waals surface area contributed by atoms with Crippen LogP contribution in [-0.2, 0) is 14.3 Å². The summed E-state index contributed by atoms with van der Waals surface area (Å²) in [4.78, 5) is 12.7. The number of fused-ring (bicyclic) bond motifs is 8. The molecular formula is C21H32O3. The zero-order valence-corrected chi connectivity index (χ0v) is 15.8. The maximum atomic E-state index is 12.7. The van der Waals surface area contributed by atoms with E-state index < -0.39 is 0 Å². The Morgan fingerprint density at radius 3 is 2.58 bits per heavy atom. The first-order chi connectivity index (χ1) is 11.2. The highest BCUT2D eigenvalue weighted by Crippen LogP contribution is 2.73. The zero-order chi connectivity index (χ0) is 17.4. The summed E-state index contributed by atoms with van der Waals surface area (Å²) >= 11 is 0. The van der Waals surface area contributed by atoms with Crippen LogP contribution in [0.2, 0.25) is 0 Å². The van der Waals surface area contributed by atoms with Crippen molar-refractivity contribution in [2.24, 2.45) is 40.9 Å². The molecular weight excluding hydrogens is 300 g/mol. The van der Waals surface area contributed by atoms with Crippen LogP contribution in [-0.4, -0.2) is 17.7 Å². The van der Waals surface area contributed by atoms with Crippen LogP contribution in [0.25, 0.3) is 0 Å². The van der Waals surface area contributed by atoms with Gasteiger partial charge in [-0.1, -0.05) is 20.4 Å². The third-order valence-electron chi connectivity index (χ3n) is 8.17. The SMILES string of the molecule is C=C1OC(C)(C)C2C1C1C3CC(OC(=O)C(C)(CC)CC)C(C3)C12. The van der Waals surface area contributed by atoms with Crippen LogP contribution in [0.4, 0.5) is 0 Å². The summed E-state index contributed by atoms with van der Waals surface area (Å²) in [7, 11) is 0. The second-order valence-corrected chi connectivity index (χ2v) is 9.48. The van der Waals surface area contributed by atoms with Crippen molar-refractivity contribution in [1.82, 2.24) is 0 Å². The van der Waals surface area contributed by atoms with Gasteiger partial charge in [0.2, 0.25) is 0 Å². The predicted molar refractivity (Wildman–Crippen MR) is 93.0 cm³/mol. The van der Waals surface area contributed by atoms with Gasteiger partial charge in [0.05, 0.1) is 11.2 Å². The van der Waals surface area contributed by atoms with E-state index in [0.29, 0.717) is 29.6 Å². The second-order valence-electron chi connectivity index (χ2n) is 9.48. The van der Waals surface area contributed by atoms with E-state index in [2.05, 4.69) is 34.3 Å². The third-order valence-corrected chi connectivity index (χ3v) is 8.17. The smallest absolute Gasteiger partial charge is 0.312 e. The Kier molecular flexibility index (Phi) is 3.44. The summed E-state index contributed by atoms with van der Waals surface area (Å²) in [5.74, 6) is 4.77. The minimum Gasteiger partial charge on any atom is -0.492 e. The van der Waals surface area contributed by atoms with Crippen LogP contribution in [0.3, 0.4) is 0 Å². The first-order valence-corrected chi connectivity index (χ1v) is 9.82. The first-order valence-electron chi connectivity index (χ1n) is 9.82. The van der Waals surface area contributed by atoms with Gasteiger partial charge in [0.25, 0.3) is 0 Å². The van der Waals surface area contributed by atoms with Crippen LogP contribution in [0.15, 0.2) is 12.3 Å². The number of allylic oxidation sites excluding steroid dienone is 1. The van der Waals surface area contributed by atoms with Crippen molar-refractivity contribution in [3.63, 3.8) is 0 Å². The Morgan fingerprint density at radius 2 is 1.96 bits per heavy atom. The summed E-state index contributed by atoms with van der Waals surface area (Å²) in [5.41, 5.74) is -0.434. The molecule has 0 N–H and O–H groups in total. The van der Waals surface area contributed by atoms with E-state index in [1.54, 1.807) is 0 Å². The molecule has 4 rings (SSSR count). The highest BCUT2D eigenvalue weighted by Gasteiger charge is 2.72. The molecule has 7 unspecified atom stereocenters. The van der Waals surface area contributed by atoms with Gasteiger partial charge in [-0.05, 0) is 70.1 Å². The lowest BCUT2D eigenvalue weighted by Crippen LogP contribution is -2.56. The van der Waals surface area contributed by atoms with Gasteiger partial charge < -0.3 is 9.47 Å². The normalized spacial score (nSPS) is 44.5. The molecule has 3 nitrogen and oxygen atoms in total. The molecule has 4 aliphatic rings. The van der Waals surface area contributed by atoms with Gasteiger partial charge >= 0.3 is 5.97 Å². The van der Waals surface area contributed by atoms with Gasteiger partial charge in [0.15, 0.2) is 0 Å². The van der Waals surface area contributed by atoms with E-state index in [-0.39, 0.29) is 23.1 Å². The highest BCUT2D eigenvalue weighted by molar-refractivity contribution is 5.76. The molecule has 134 valence electrons. The number of carbonyl (C=O) groups excluding carboxylic acids is 1. The Morgan fingerprint density at radius 1 is 1.29 bits per heavy atom. The maximum Gasteiger partial charge on any atom is 0.312 e. The van der Waals surface area contributed by atoms with Crippen LogP contribution in [0.5, 0.6) is 0 Å². The molecule has 0 radical (unpaired) electrons. The van der Waals surface area contributed by atoms with Gasteiger partial charge in [-0.3, -0.25) is 4.79 Å². The molecule has 3 heteroatoms. The minimum absolute atomic E-state index is 0.0174. The fraction of sp³-hybridized carbons (Fsp3) is 0.857. The topological polar surface area (TPSA) is 35.5 Å². The van der Waals surface area contributed by atoms with Crippen LogP contribution < -0.4 is 0 Å². The molecule has 1 aliphatic heterocycles. The number of carbonyl (C=O) groups is 1. The summed E-state index contributed by atoms with van der Waals surface area (Å²) in [6.45, 7) is 14.8. The number of hydrogen-bond acceptors (Lipinski definition) is 3. The molecule has 3 aliphatic carbocycles. The lowest BCUT2D eigenvalue weighted by Gasteiger charge is -2.54. The number of esters is 1. The number of rotatable bonds is 4. The van der Waals surface area contributed by atoms with E-state index in [0.717, 1.165) is 30.9 Å². The van der Waals surface area contributed by atoms with Crippen molar-refractivity contribution in [2.45, 2.75) is 72.0 Å². The van der Waals surface area contributed by atoms with Crippen LogP contribution in [0, 0.1) is 40.9 Å². The van der Waals surface area contributed by atoms with E-state index in [4.69, 9.17) is 9.47 Å². The summed E-state index contributed by atoms with van der Waals surface area (Å²) in [5, 5.41) is 0. The van der Waals surface area contributed by atoms with Crippen LogP contribution >= 0.6 is 0 Å². The van der Waals surface area contributed by atoms with Gasteiger partial charge in [0, 0.05) is 11.8 Å². The average Bonchev–Trinajstić information content (AvgIpc) is 3.04. The van der Waals surface area contributed by atoms with Crippen molar-refractivity contribution in [2.75, 3.05) is 0 Å². The Bertz CT molecular complexity index is 574. The van der Waals surface area contributed by atoms with Crippen LogP contribution in [0.1, 0.15) is 60.3 Å². The van der Waals surface area contributed by atoms with Gasteiger partial charge in [-0.15, -0.1) is 0 Å². The van der Waals surface area contributed by atoms with Crippen molar-refractivity contribution >= 4 is 5.97 Å². The highest BCUT2D eigenvalue weighted by atomic mass is 16.5. The number of ether oxygens (including phenoxy) is 2. The standard InChI is InChI=1S/C21H32O3/c1-7-21(6,8-2)19(22)23-14-10-12-9-13(14)17-16(12)15-11(3)24-20(4,5)18(15)17/h12-18H,3,7-10H2,1-2,4-6H3. The molecule has 0 aromatic heterocycles. The molecule has 4 fully saturated rings. The molecule has 0 aromatic carbocycles. The minimum atomic E-state index is -0.326. The molecule has 24 heavy (non-hydrogen) atoms. The van der Waals surface area contributed by atoms with Gasteiger partial charge in [0.1, 0.15) is 11.7 Å². The Hall–Kier alpha value is -0.990. The molecule has 1 heterocycles. The van der Waals surface area contributed by atoms with E-state index in [1.807, 2.05) is 6.92 Å². The van der Waals surface area contributed by atoms with E-state index >= 15 is 0 Å². The zero-order valence-electron chi connectivity index (χ0n) is 15.8. The van der Waals surface area contributed by atoms with Crippen molar-refractivity contribution in [1.29, 1.82) is 0 Å². The first kappa shape index (κ1) is 16.5. The lowest BCUT2D eigenvalue weighted by atomic mass is 9.49. The molecule has 3 saturated carbocycles. The average molecular weight is 332 g/mol. The quantitative estimate of drug-likeness (QED) is 0.708.